The Morgan fingerprint density at radius 2 is 1.86 bits per heavy atom. The lowest BCUT2D eigenvalue weighted by molar-refractivity contribution is 0.0930. The van der Waals surface area contributed by atoms with Gasteiger partial charge in [0.1, 0.15) is 0 Å². The summed E-state index contributed by atoms with van der Waals surface area (Å²) in [5.74, 6) is -2.82. The second-order valence-corrected chi connectivity index (χ2v) is 5.02. The van der Waals surface area contributed by atoms with Crippen LogP contribution in [0.3, 0.4) is 0 Å². The second-order valence-electron chi connectivity index (χ2n) is 4.59. The molecule has 1 atom stereocenters. The van der Waals surface area contributed by atoms with E-state index in [4.69, 9.17) is 11.6 Å². The van der Waals surface area contributed by atoms with Crippen molar-refractivity contribution in [3.05, 3.63) is 70.2 Å². The van der Waals surface area contributed by atoms with Crippen molar-refractivity contribution in [3.63, 3.8) is 0 Å². The van der Waals surface area contributed by atoms with Crippen LogP contribution < -0.4 is 5.32 Å². The quantitative estimate of drug-likeness (QED) is 0.885. The molecule has 1 amide bonds. The SMILES string of the molecule is CCC(NC(=O)c1cccc(F)c1F)c1ccc(Cl)cc1. The molecule has 2 aromatic rings. The van der Waals surface area contributed by atoms with Gasteiger partial charge in [0.15, 0.2) is 11.6 Å². The van der Waals surface area contributed by atoms with Crippen LogP contribution in [0.2, 0.25) is 5.02 Å². The largest absolute Gasteiger partial charge is 0.345 e. The number of nitrogens with one attached hydrogen (secondary N) is 1. The molecule has 0 aliphatic rings. The third kappa shape index (κ3) is 3.58. The fourth-order valence-electron chi connectivity index (χ4n) is 2.03. The van der Waals surface area contributed by atoms with Crippen LogP contribution >= 0.6 is 11.6 Å². The number of hydrogen-bond acceptors (Lipinski definition) is 1. The van der Waals surface area contributed by atoms with Gasteiger partial charge in [-0.3, -0.25) is 4.79 Å². The van der Waals surface area contributed by atoms with E-state index in [1.54, 1.807) is 24.3 Å². The minimum atomic E-state index is -1.14. The summed E-state index contributed by atoms with van der Waals surface area (Å²) in [6.07, 6.45) is 0.615. The maximum Gasteiger partial charge on any atom is 0.254 e. The summed E-state index contributed by atoms with van der Waals surface area (Å²) < 4.78 is 26.8. The van der Waals surface area contributed by atoms with E-state index < -0.39 is 17.5 Å². The average molecular weight is 310 g/mol. The third-order valence-electron chi connectivity index (χ3n) is 3.18. The summed E-state index contributed by atoms with van der Waals surface area (Å²) >= 11 is 5.82. The summed E-state index contributed by atoms with van der Waals surface area (Å²) in [7, 11) is 0. The number of carbonyl (C=O) groups is 1. The van der Waals surface area contributed by atoms with Crippen molar-refractivity contribution in [3.8, 4) is 0 Å². The van der Waals surface area contributed by atoms with Crippen LogP contribution in [0.4, 0.5) is 8.78 Å². The Labute approximate surface area is 126 Å². The lowest BCUT2D eigenvalue weighted by Gasteiger charge is -2.18. The summed E-state index contributed by atoms with van der Waals surface area (Å²) in [6, 6.07) is 10.2. The number of halogens is 3. The Balaban J connectivity index is 2.20. The van der Waals surface area contributed by atoms with Crippen LogP contribution in [-0.2, 0) is 0 Å². The van der Waals surface area contributed by atoms with Gasteiger partial charge in [-0.15, -0.1) is 0 Å². The fraction of sp³-hybridized carbons (Fsp3) is 0.188. The second kappa shape index (κ2) is 6.68. The zero-order chi connectivity index (χ0) is 15.4. The zero-order valence-electron chi connectivity index (χ0n) is 11.4. The summed E-state index contributed by atoms with van der Waals surface area (Å²) in [5.41, 5.74) is 0.550. The topological polar surface area (TPSA) is 29.1 Å². The summed E-state index contributed by atoms with van der Waals surface area (Å²) in [5, 5.41) is 3.29. The molecule has 110 valence electrons. The van der Waals surface area contributed by atoms with E-state index in [2.05, 4.69) is 5.32 Å². The smallest absolute Gasteiger partial charge is 0.254 e. The molecule has 0 bridgehead atoms. The number of carbonyl (C=O) groups excluding carboxylic acids is 1. The van der Waals surface area contributed by atoms with Crippen molar-refractivity contribution in [1.29, 1.82) is 0 Å². The standard InChI is InChI=1S/C16H14ClF2NO/c1-2-14(10-6-8-11(17)9-7-10)20-16(21)12-4-3-5-13(18)15(12)19/h3-9,14H,2H2,1H3,(H,20,21). The first kappa shape index (κ1) is 15.4. The maximum atomic E-state index is 13.6. The van der Waals surface area contributed by atoms with Crippen LogP contribution in [0.1, 0.15) is 35.3 Å². The van der Waals surface area contributed by atoms with Crippen molar-refractivity contribution in [2.45, 2.75) is 19.4 Å². The molecule has 2 rings (SSSR count). The Kier molecular flexibility index (Phi) is 4.91. The van der Waals surface area contributed by atoms with Crippen molar-refractivity contribution in [2.75, 3.05) is 0 Å². The normalized spacial score (nSPS) is 12.0. The maximum absolute atomic E-state index is 13.6. The van der Waals surface area contributed by atoms with Crippen molar-refractivity contribution in [1.82, 2.24) is 5.32 Å². The molecule has 1 unspecified atom stereocenters. The molecule has 0 fully saturated rings. The summed E-state index contributed by atoms with van der Waals surface area (Å²) in [6.45, 7) is 1.89. The van der Waals surface area contributed by atoms with Gasteiger partial charge in [-0.2, -0.15) is 0 Å². The van der Waals surface area contributed by atoms with Crippen LogP contribution in [0.25, 0.3) is 0 Å². The van der Waals surface area contributed by atoms with Gasteiger partial charge in [0.05, 0.1) is 11.6 Å². The van der Waals surface area contributed by atoms with E-state index in [1.165, 1.54) is 12.1 Å². The van der Waals surface area contributed by atoms with Crippen LogP contribution in [0.5, 0.6) is 0 Å². The molecule has 0 aliphatic carbocycles. The fourth-order valence-corrected chi connectivity index (χ4v) is 2.16. The van der Waals surface area contributed by atoms with E-state index in [0.29, 0.717) is 11.4 Å². The van der Waals surface area contributed by atoms with Gasteiger partial charge in [-0.05, 0) is 36.2 Å². The Hall–Kier alpha value is -1.94. The number of hydrogen-bond donors (Lipinski definition) is 1. The molecule has 0 saturated heterocycles. The van der Waals surface area contributed by atoms with Gasteiger partial charge in [0.25, 0.3) is 5.91 Å². The van der Waals surface area contributed by atoms with E-state index in [0.717, 1.165) is 11.6 Å². The molecule has 2 nitrogen and oxygen atoms in total. The van der Waals surface area contributed by atoms with Crippen LogP contribution in [0.15, 0.2) is 42.5 Å². The van der Waals surface area contributed by atoms with Gasteiger partial charge >= 0.3 is 0 Å². The molecule has 0 aliphatic heterocycles. The van der Waals surface area contributed by atoms with E-state index in [1.807, 2.05) is 6.92 Å². The first-order valence-electron chi connectivity index (χ1n) is 6.53. The molecule has 2 aromatic carbocycles. The van der Waals surface area contributed by atoms with Crippen molar-refractivity contribution in [2.24, 2.45) is 0 Å². The van der Waals surface area contributed by atoms with Gasteiger partial charge < -0.3 is 5.32 Å². The lowest BCUT2D eigenvalue weighted by Crippen LogP contribution is -2.29. The van der Waals surface area contributed by atoms with Gasteiger partial charge in [-0.25, -0.2) is 8.78 Å². The molecule has 1 N–H and O–H groups in total. The van der Waals surface area contributed by atoms with Crippen LogP contribution in [-0.4, -0.2) is 5.91 Å². The van der Waals surface area contributed by atoms with Gasteiger partial charge in [0, 0.05) is 5.02 Å². The molecule has 0 spiro atoms. The Bertz CT molecular complexity index is 643. The third-order valence-corrected chi connectivity index (χ3v) is 3.43. The molecule has 21 heavy (non-hydrogen) atoms. The average Bonchev–Trinajstić information content (AvgIpc) is 2.48. The monoisotopic (exact) mass is 309 g/mol. The first-order valence-corrected chi connectivity index (χ1v) is 6.91. The predicted octanol–water partition coefficient (Wildman–Crippen LogP) is 4.50. The van der Waals surface area contributed by atoms with Gasteiger partial charge in [-0.1, -0.05) is 36.7 Å². The van der Waals surface area contributed by atoms with Gasteiger partial charge in [0.2, 0.25) is 0 Å². The summed E-state index contributed by atoms with van der Waals surface area (Å²) in [4.78, 5) is 12.1. The molecular formula is C16H14ClF2NO. The van der Waals surface area contributed by atoms with Crippen molar-refractivity contribution >= 4 is 17.5 Å². The van der Waals surface area contributed by atoms with E-state index in [9.17, 15) is 13.6 Å². The minimum Gasteiger partial charge on any atom is -0.345 e. The van der Waals surface area contributed by atoms with Crippen molar-refractivity contribution < 1.29 is 13.6 Å². The molecule has 0 radical (unpaired) electrons. The number of amides is 1. The number of rotatable bonds is 4. The first-order chi connectivity index (χ1) is 10.0. The molecule has 0 saturated carbocycles. The highest BCUT2D eigenvalue weighted by molar-refractivity contribution is 6.30. The Morgan fingerprint density at radius 1 is 1.19 bits per heavy atom. The van der Waals surface area contributed by atoms with E-state index >= 15 is 0 Å². The molecular weight excluding hydrogens is 296 g/mol. The Morgan fingerprint density at radius 3 is 2.48 bits per heavy atom. The zero-order valence-corrected chi connectivity index (χ0v) is 12.1. The van der Waals surface area contributed by atoms with E-state index in [-0.39, 0.29) is 11.6 Å². The predicted molar refractivity (Wildman–Crippen MR) is 78.3 cm³/mol. The highest BCUT2D eigenvalue weighted by atomic mass is 35.5. The molecule has 0 heterocycles. The molecule has 5 heteroatoms. The minimum absolute atomic E-state index is 0.294. The molecule has 0 aromatic heterocycles. The van der Waals surface area contributed by atoms with Crippen LogP contribution in [0, 0.1) is 11.6 Å². The highest BCUT2D eigenvalue weighted by Crippen LogP contribution is 2.20. The lowest BCUT2D eigenvalue weighted by atomic mass is 10.0. The highest BCUT2D eigenvalue weighted by Gasteiger charge is 2.18. The number of benzene rings is 2.